The van der Waals surface area contributed by atoms with Gasteiger partial charge in [0.2, 0.25) is 0 Å². The maximum atomic E-state index is 11.7. The zero-order valence-corrected chi connectivity index (χ0v) is 11.9. The molecule has 2 amide bonds. The summed E-state index contributed by atoms with van der Waals surface area (Å²) in [6.45, 7) is 4.66. The van der Waals surface area contributed by atoms with Gasteiger partial charge in [-0.3, -0.25) is 5.10 Å². The van der Waals surface area contributed by atoms with Crippen LogP contribution < -0.4 is 10.6 Å². The Balaban J connectivity index is 1.68. The topological polar surface area (TPSA) is 69.8 Å². The summed E-state index contributed by atoms with van der Waals surface area (Å²) in [5.74, 6) is 0. The van der Waals surface area contributed by atoms with E-state index in [1.807, 2.05) is 44.3 Å². The highest BCUT2D eigenvalue weighted by Crippen LogP contribution is 2.08. The minimum Gasteiger partial charge on any atom is -0.338 e. The van der Waals surface area contributed by atoms with Crippen molar-refractivity contribution in [2.24, 2.45) is 0 Å². The first kappa shape index (κ1) is 14.1. The SMILES string of the molecule is Cc1ccc(NC(=O)NCCCc2cn[nH]c2C)cc1. The maximum Gasteiger partial charge on any atom is 0.319 e. The van der Waals surface area contributed by atoms with Crippen molar-refractivity contribution in [3.63, 3.8) is 0 Å². The standard InChI is InChI=1S/C15H20N4O/c1-11-5-7-14(8-6-11)18-15(20)16-9-3-4-13-10-17-19-12(13)2/h5-8,10H,3-4,9H2,1-2H3,(H,17,19)(H2,16,18,20). The number of aryl methyl sites for hydroxylation is 3. The molecule has 20 heavy (non-hydrogen) atoms. The molecule has 1 aromatic heterocycles. The van der Waals surface area contributed by atoms with Crippen molar-refractivity contribution < 1.29 is 4.79 Å². The van der Waals surface area contributed by atoms with Crippen LogP contribution in [0.15, 0.2) is 30.5 Å². The summed E-state index contributed by atoms with van der Waals surface area (Å²) in [5.41, 5.74) is 4.27. The van der Waals surface area contributed by atoms with E-state index in [9.17, 15) is 4.79 Å². The predicted molar refractivity (Wildman–Crippen MR) is 79.8 cm³/mol. The molecular formula is C15H20N4O. The fourth-order valence-corrected chi connectivity index (χ4v) is 1.92. The second-order valence-electron chi connectivity index (χ2n) is 4.87. The van der Waals surface area contributed by atoms with Gasteiger partial charge in [0.1, 0.15) is 0 Å². The van der Waals surface area contributed by atoms with E-state index in [0.717, 1.165) is 24.2 Å². The summed E-state index contributed by atoms with van der Waals surface area (Å²) in [5, 5.41) is 12.5. The van der Waals surface area contributed by atoms with Crippen LogP contribution in [-0.4, -0.2) is 22.8 Å². The molecule has 1 aromatic carbocycles. The summed E-state index contributed by atoms with van der Waals surface area (Å²) in [6.07, 6.45) is 3.64. The summed E-state index contributed by atoms with van der Waals surface area (Å²) >= 11 is 0. The second kappa shape index (κ2) is 6.75. The third-order valence-corrected chi connectivity index (χ3v) is 3.15. The summed E-state index contributed by atoms with van der Waals surface area (Å²) < 4.78 is 0. The van der Waals surface area contributed by atoms with E-state index >= 15 is 0 Å². The molecule has 2 rings (SSSR count). The fraction of sp³-hybridized carbons (Fsp3) is 0.333. The second-order valence-corrected chi connectivity index (χ2v) is 4.87. The Bertz CT molecular complexity index is 560. The number of aromatic amines is 1. The van der Waals surface area contributed by atoms with Gasteiger partial charge >= 0.3 is 6.03 Å². The molecule has 0 aliphatic rings. The first-order valence-corrected chi connectivity index (χ1v) is 6.75. The van der Waals surface area contributed by atoms with E-state index in [0.29, 0.717) is 6.54 Å². The zero-order valence-electron chi connectivity index (χ0n) is 11.9. The van der Waals surface area contributed by atoms with Crippen LogP contribution in [0, 0.1) is 13.8 Å². The van der Waals surface area contributed by atoms with Gasteiger partial charge in [-0.1, -0.05) is 17.7 Å². The molecule has 0 aliphatic heterocycles. The van der Waals surface area contributed by atoms with Crippen LogP contribution in [0.3, 0.4) is 0 Å². The first-order chi connectivity index (χ1) is 9.65. The molecule has 106 valence electrons. The largest absolute Gasteiger partial charge is 0.338 e. The van der Waals surface area contributed by atoms with Crippen molar-refractivity contribution in [3.8, 4) is 0 Å². The fourth-order valence-electron chi connectivity index (χ4n) is 1.92. The van der Waals surface area contributed by atoms with Gasteiger partial charge in [0.15, 0.2) is 0 Å². The molecule has 0 atom stereocenters. The van der Waals surface area contributed by atoms with Gasteiger partial charge in [0.05, 0.1) is 6.20 Å². The highest BCUT2D eigenvalue weighted by molar-refractivity contribution is 5.89. The van der Waals surface area contributed by atoms with Crippen LogP contribution in [0.2, 0.25) is 0 Å². The van der Waals surface area contributed by atoms with Gasteiger partial charge in [0, 0.05) is 17.9 Å². The smallest absolute Gasteiger partial charge is 0.319 e. The Kier molecular flexibility index (Phi) is 4.76. The Morgan fingerprint density at radius 2 is 2.00 bits per heavy atom. The number of anilines is 1. The number of aromatic nitrogens is 2. The maximum absolute atomic E-state index is 11.7. The molecule has 0 fully saturated rings. The third-order valence-electron chi connectivity index (χ3n) is 3.15. The van der Waals surface area contributed by atoms with Crippen molar-refractivity contribution in [2.45, 2.75) is 26.7 Å². The quantitative estimate of drug-likeness (QED) is 0.732. The van der Waals surface area contributed by atoms with Crippen LogP contribution in [-0.2, 0) is 6.42 Å². The molecular weight excluding hydrogens is 252 g/mol. The van der Waals surface area contributed by atoms with E-state index in [1.54, 1.807) is 0 Å². The number of rotatable bonds is 5. The van der Waals surface area contributed by atoms with Gasteiger partial charge in [-0.25, -0.2) is 4.79 Å². The molecule has 0 spiro atoms. The monoisotopic (exact) mass is 272 g/mol. The van der Waals surface area contributed by atoms with Crippen LogP contribution in [0.25, 0.3) is 0 Å². The molecule has 1 heterocycles. The lowest BCUT2D eigenvalue weighted by atomic mass is 10.1. The molecule has 2 aromatic rings. The van der Waals surface area contributed by atoms with Crippen molar-refractivity contribution >= 4 is 11.7 Å². The molecule has 0 saturated carbocycles. The van der Waals surface area contributed by atoms with E-state index in [1.165, 1.54) is 11.1 Å². The molecule has 3 N–H and O–H groups in total. The van der Waals surface area contributed by atoms with Crippen LogP contribution >= 0.6 is 0 Å². The highest BCUT2D eigenvalue weighted by atomic mass is 16.2. The van der Waals surface area contributed by atoms with Gasteiger partial charge in [0.25, 0.3) is 0 Å². The number of nitrogens with one attached hydrogen (secondary N) is 3. The van der Waals surface area contributed by atoms with Gasteiger partial charge in [-0.15, -0.1) is 0 Å². The number of benzene rings is 1. The molecule has 0 radical (unpaired) electrons. The number of hydrogen-bond acceptors (Lipinski definition) is 2. The summed E-state index contributed by atoms with van der Waals surface area (Å²) in [4.78, 5) is 11.7. The van der Waals surface area contributed by atoms with E-state index in [-0.39, 0.29) is 6.03 Å². The summed E-state index contributed by atoms with van der Waals surface area (Å²) in [6, 6.07) is 7.56. The Hall–Kier alpha value is -2.30. The molecule has 0 unspecified atom stereocenters. The molecule has 0 saturated heterocycles. The van der Waals surface area contributed by atoms with Crippen LogP contribution in [0.5, 0.6) is 0 Å². The average Bonchev–Trinajstić information content (AvgIpc) is 2.83. The molecule has 5 nitrogen and oxygen atoms in total. The number of carbonyl (C=O) groups is 1. The molecule has 5 heteroatoms. The lowest BCUT2D eigenvalue weighted by Crippen LogP contribution is -2.29. The minimum atomic E-state index is -0.169. The van der Waals surface area contributed by atoms with Gasteiger partial charge < -0.3 is 10.6 Å². The molecule has 0 aliphatic carbocycles. The van der Waals surface area contributed by atoms with Crippen molar-refractivity contribution in [1.82, 2.24) is 15.5 Å². The normalized spacial score (nSPS) is 10.3. The highest BCUT2D eigenvalue weighted by Gasteiger charge is 2.02. The Labute approximate surface area is 118 Å². The number of H-pyrrole nitrogens is 1. The average molecular weight is 272 g/mol. The third kappa shape index (κ3) is 4.12. The van der Waals surface area contributed by atoms with Crippen molar-refractivity contribution in [2.75, 3.05) is 11.9 Å². The molecule has 0 bridgehead atoms. The number of urea groups is 1. The number of nitrogens with zero attached hydrogens (tertiary/aromatic N) is 1. The van der Waals surface area contributed by atoms with E-state index in [4.69, 9.17) is 0 Å². The van der Waals surface area contributed by atoms with Crippen LogP contribution in [0.4, 0.5) is 10.5 Å². The Morgan fingerprint density at radius 1 is 1.25 bits per heavy atom. The summed E-state index contributed by atoms with van der Waals surface area (Å²) in [7, 11) is 0. The predicted octanol–water partition coefficient (Wildman–Crippen LogP) is 2.78. The first-order valence-electron chi connectivity index (χ1n) is 6.75. The van der Waals surface area contributed by atoms with Crippen molar-refractivity contribution in [1.29, 1.82) is 0 Å². The Morgan fingerprint density at radius 3 is 2.65 bits per heavy atom. The van der Waals surface area contributed by atoms with E-state index < -0.39 is 0 Å². The van der Waals surface area contributed by atoms with Gasteiger partial charge in [-0.05, 0) is 44.4 Å². The lowest BCUT2D eigenvalue weighted by molar-refractivity contribution is 0.252. The lowest BCUT2D eigenvalue weighted by Gasteiger charge is -2.07. The minimum absolute atomic E-state index is 0.169. The van der Waals surface area contributed by atoms with Crippen LogP contribution in [0.1, 0.15) is 23.2 Å². The van der Waals surface area contributed by atoms with E-state index in [2.05, 4.69) is 20.8 Å². The number of hydrogen-bond donors (Lipinski definition) is 3. The van der Waals surface area contributed by atoms with Crippen molar-refractivity contribution in [3.05, 3.63) is 47.3 Å². The number of carbonyl (C=O) groups excluding carboxylic acids is 1. The van der Waals surface area contributed by atoms with Gasteiger partial charge in [-0.2, -0.15) is 5.10 Å². The zero-order chi connectivity index (χ0) is 14.4. The number of amides is 2.